The zero-order chi connectivity index (χ0) is 18.6. The van der Waals surface area contributed by atoms with Crippen LogP contribution in [0.1, 0.15) is 70.1 Å². The lowest BCUT2D eigenvalue weighted by molar-refractivity contribution is 0.0619. The van der Waals surface area contributed by atoms with Crippen molar-refractivity contribution in [2.75, 3.05) is 4.90 Å². The summed E-state index contributed by atoms with van der Waals surface area (Å²) in [5.41, 5.74) is 6.82. The fraction of sp³-hybridized carbons (Fsp3) is 0.500. The standard InChI is InChI=1S/C22H27N3S/c1-13-9-8-10-15-17(13)25-14(2)16-18(24-11-12-26-19(24)23-16)22(25,7)21(5,6)20(15,3)4/h8-12,14H,1-7H3. The molecule has 2 aromatic heterocycles. The van der Waals surface area contributed by atoms with Gasteiger partial charge in [0.05, 0.1) is 23.0 Å². The maximum atomic E-state index is 5.06. The second kappa shape index (κ2) is 4.53. The third kappa shape index (κ3) is 1.47. The van der Waals surface area contributed by atoms with E-state index in [1.54, 1.807) is 11.3 Å². The molecular formula is C22H27N3S. The molecule has 26 heavy (non-hydrogen) atoms. The smallest absolute Gasteiger partial charge is 0.194 e. The molecule has 2 aliphatic heterocycles. The van der Waals surface area contributed by atoms with Gasteiger partial charge in [-0.05, 0) is 37.3 Å². The van der Waals surface area contributed by atoms with Gasteiger partial charge in [0.15, 0.2) is 4.96 Å². The molecule has 1 aromatic carbocycles. The molecule has 0 amide bonds. The van der Waals surface area contributed by atoms with Crippen LogP contribution in [0.15, 0.2) is 29.8 Å². The average molecular weight is 366 g/mol. The van der Waals surface area contributed by atoms with E-state index in [9.17, 15) is 0 Å². The number of imidazole rings is 1. The van der Waals surface area contributed by atoms with Crippen molar-refractivity contribution in [2.24, 2.45) is 5.41 Å². The van der Waals surface area contributed by atoms with Crippen LogP contribution in [0.25, 0.3) is 4.96 Å². The number of fused-ring (bicyclic) bond motifs is 7. The highest BCUT2D eigenvalue weighted by molar-refractivity contribution is 7.15. The second-order valence-corrected chi connectivity index (χ2v) is 10.1. The molecule has 2 aliphatic rings. The fourth-order valence-corrected chi connectivity index (χ4v) is 6.37. The Labute approximate surface area is 159 Å². The highest BCUT2D eigenvalue weighted by Gasteiger charge is 2.65. The quantitative estimate of drug-likeness (QED) is 0.500. The van der Waals surface area contributed by atoms with E-state index in [2.05, 4.69) is 87.5 Å². The van der Waals surface area contributed by atoms with Gasteiger partial charge in [0.2, 0.25) is 0 Å². The highest BCUT2D eigenvalue weighted by Crippen LogP contribution is 2.67. The molecule has 0 bridgehead atoms. The first-order valence-electron chi connectivity index (χ1n) is 9.49. The molecule has 3 nitrogen and oxygen atoms in total. The molecule has 2 atom stereocenters. The summed E-state index contributed by atoms with van der Waals surface area (Å²) in [5, 5.41) is 2.15. The van der Waals surface area contributed by atoms with Gasteiger partial charge in [0.1, 0.15) is 0 Å². The molecule has 0 radical (unpaired) electrons. The first-order chi connectivity index (χ1) is 12.1. The Morgan fingerprint density at radius 1 is 1.12 bits per heavy atom. The Bertz CT molecular complexity index is 1050. The van der Waals surface area contributed by atoms with Crippen molar-refractivity contribution >= 4 is 22.0 Å². The van der Waals surface area contributed by atoms with Gasteiger partial charge in [-0.3, -0.25) is 4.40 Å². The molecule has 2 unspecified atom stereocenters. The minimum absolute atomic E-state index is 0.0260. The van der Waals surface area contributed by atoms with Crippen molar-refractivity contribution in [1.82, 2.24) is 9.38 Å². The van der Waals surface area contributed by atoms with E-state index >= 15 is 0 Å². The molecule has 0 fully saturated rings. The molecule has 0 spiro atoms. The van der Waals surface area contributed by atoms with Gasteiger partial charge in [-0.2, -0.15) is 0 Å². The van der Waals surface area contributed by atoms with Crippen molar-refractivity contribution in [3.8, 4) is 0 Å². The summed E-state index contributed by atoms with van der Waals surface area (Å²) in [6.45, 7) is 16.7. The first-order valence-corrected chi connectivity index (χ1v) is 10.4. The molecule has 0 N–H and O–H groups in total. The summed E-state index contributed by atoms with van der Waals surface area (Å²) in [5.74, 6) is 0. The lowest BCUT2D eigenvalue weighted by Crippen LogP contribution is -2.62. The molecule has 0 aliphatic carbocycles. The highest BCUT2D eigenvalue weighted by atomic mass is 32.1. The summed E-state index contributed by atoms with van der Waals surface area (Å²) in [6.07, 6.45) is 2.20. The minimum Gasteiger partial charge on any atom is -0.351 e. The number of hydrogen-bond donors (Lipinski definition) is 0. The van der Waals surface area contributed by atoms with Gasteiger partial charge >= 0.3 is 0 Å². The van der Waals surface area contributed by atoms with E-state index in [0.29, 0.717) is 0 Å². The summed E-state index contributed by atoms with van der Waals surface area (Å²) in [6, 6.07) is 7.08. The zero-order valence-electron chi connectivity index (χ0n) is 16.7. The largest absolute Gasteiger partial charge is 0.351 e. The van der Waals surface area contributed by atoms with E-state index < -0.39 is 0 Å². The minimum atomic E-state index is -0.120. The van der Waals surface area contributed by atoms with Crippen LogP contribution in [-0.2, 0) is 11.0 Å². The van der Waals surface area contributed by atoms with E-state index in [1.165, 1.54) is 28.2 Å². The van der Waals surface area contributed by atoms with Crippen LogP contribution in [0.4, 0.5) is 5.69 Å². The Morgan fingerprint density at radius 2 is 1.85 bits per heavy atom. The maximum absolute atomic E-state index is 5.06. The van der Waals surface area contributed by atoms with Crippen LogP contribution in [0, 0.1) is 12.3 Å². The van der Waals surface area contributed by atoms with Gasteiger partial charge in [-0.1, -0.05) is 45.9 Å². The number of rotatable bonds is 0. The lowest BCUT2D eigenvalue weighted by atomic mass is 9.52. The van der Waals surface area contributed by atoms with Crippen LogP contribution in [0.3, 0.4) is 0 Å². The Balaban J connectivity index is 1.95. The summed E-state index contributed by atoms with van der Waals surface area (Å²) in [4.78, 5) is 8.85. The number of nitrogens with zero attached hydrogens (tertiary/aromatic N) is 3. The number of hydrogen-bond acceptors (Lipinski definition) is 3. The number of para-hydroxylation sites is 1. The molecule has 4 heteroatoms. The van der Waals surface area contributed by atoms with Crippen LogP contribution >= 0.6 is 11.3 Å². The van der Waals surface area contributed by atoms with Gasteiger partial charge in [0.25, 0.3) is 0 Å². The first kappa shape index (κ1) is 16.4. The van der Waals surface area contributed by atoms with Crippen molar-refractivity contribution in [3.63, 3.8) is 0 Å². The van der Waals surface area contributed by atoms with Crippen molar-refractivity contribution in [1.29, 1.82) is 0 Å². The zero-order valence-corrected chi connectivity index (χ0v) is 17.5. The average Bonchev–Trinajstić information content (AvgIpc) is 3.19. The van der Waals surface area contributed by atoms with E-state index in [-0.39, 0.29) is 22.4 Å². The third-order valence-electron chi connectivity index (χ3n) is 7.95. The fourth-order valence-electron chi connectivity index (χ4n) is 5.64. The van der Waals surface area contributed by atoms with Crippen LogP contribution in [-0.4, -0.2) is 9.38 Å². The summed E-state index contributed by atoms with van der Waals surface area (Å²) < 4.78 is 2.34. The summed E-state index contributed by atoms with van der Waals surface area (Å²) >= 11 is 1.73. The lowest BCUT2D eigenvalue weighted by Gasteiger charge is -2.62. The van der Waals surface area contributed by atoms with Gasteiger partial charge in [-0.25, -0.2) is 4.98 Å². The molecule has 136 valence electrons. The summed E-state index contributed by atoms with van der Waals surface area (Å²) in [7, 11) is 0. The molecule has 0 saturated heterocycles. The molecule has 5 rings (SSSR count). The molecule has 4 heterocycles. The van der Waals surface area contributed by atoms with E-state index in [0.717, 1.165) is 4.96 Å². The van der Waals surface area contributed by atoms with Gasteiger partial charge in [0, 0.05) is 22.7 Å². The molecule has 3 aromatic rings. The monoisotopic (exact) mass is 365 g/mol. The predicted molar refractivity (Wildman–Crippen MR) is 109 cm³/mol. The van der Waals surface area contributed by atoms with Crippen LogP contribution in [0.2, 0.25) is 0 Å². The topological polar surface area (TPSA) is 20.5 Å². The van der Waals surface area contributed by atoms with Crippen LogP contribution < -0.4 is 4.90 Å². The number of thiazole rings is 1. The Kier molecular flexibility index (Phi) is 2.85. The van der Waals surface area contributed by atoms with E-state index in [4.69, 9.17) is 4.98 Å². The normalized spacial score (nSPS) is 28.1. The maximum Gasteiger partial charge on any atom is 0.194 e. The SMILES string of the molecule is Cc1cccc2c1N1C(C)c3nc4sccn4c3C1(C)C(C)(C)C2(C)C. The number of aromatic nitrogens is 2. The predicted octanol–water partition coefficient (Wildman–Crippen LogP) is 5.82. The third-order valence-corrected chi connectivity index (χ3v) is 8.70. The van der Waals surface area contributed by atoms with Crippen molar-refractivity contribution in [2.45, 2.75) is 65.5 Å². The molecule has 0 saturated carbocycles. The van der Waals surface area contributed by atoms with E-state index in [1.807, 2.05) is 0 Å². The number of anilines is 1. The van der Waals surface area contributed by atoms with Crippen molar-refractivity contribution in [3.05, 3.63) is 52.3 Å². The molecular weight excluding hydrogens is 338 g/mol. The van der Waals surface area contributed by atoms with Crippen molar-refractivity contribution < 1.29 is 0 Å². The number of aryl methyl sites for hydroxylation is 1. The Hall–Kier alpha value is -1.81. The van der Waals surface area contributed by atoms with Crippen LogP contribution in [0.5, 0.6) is 0 Å². The van der Waals surface area contributed by atoms with Gasteiger partial charge < -0.3 is 4.90 Å². The Morgan fingerprint density at radius 3 is 2.58 bits per heavy atom. The second-order valence-electron chi connectivity index (χ2n) is 9.24. The van der Waals surface area contributed by atoms with Gasteiger partial charge in [-0.15, -0.1) is 11.3 Å². The number of benzene rings is 1.